The number of para-hydroxylation sites is 1. The lowest BCUT2D eigenvalue weighted by Gasteiger charge is -2.06. The van der Waals surface area contributed by atoms with Crippen LogP contribution in [-0.4, -0.2) is 11.6 Å². The predicted molar refractivity (Wildman–Crippen MR) is 108 cm³/mol. The molecule has 0 aliphatic heterocycles. The van der Waals surface area contributed by atoms with Gasteiger partial charge in [-0.15, -0.1) is 11.3 Å². The Balaban J connectivity index is 1.98. The third-order valence-electron chi connectivity index (χ3n) is 4.03. The highest BCUT2D eigenvalue weighted by atomic mass is 32.1. The minimum Gasteiger partial charge on any atom is -0.493 e. The number of allylic oxidation sites excluding steroid dienone is 1. The molecule has 0 spiro atoms. The van der Waals surface area contributed by atoms with Crippen LogP contribution in [-0.2, 0) is 0 Å². The van der Waals surface area contributed by atoms with E-state index in [2.05, 4.69) is 38.1 Å². The highest BCUT2D eigenvalue weighted by molar-refractivity contribution is 7.11. The first-order valence-electron chi connectivity index (χ1n) is 8.49. The molecule has 0 bridgehead atoms. The molecule has 0 fully saturated rings. The lowest BCUT2D eigenvalue weighted by molar-refractivity contribution is 0.339. The van der Waals surface area contributed by atoms with Crippen LogP contribution >= 0.6 is 11.3 Å². The second-order valence-electron chi connectivity index (χ2n) is 6.00. The molecule has 0 aliphatic carbocycles. The number of nitrogens with zero attached hydrogens (tertiary/aromatic N) is 2. The standard InChI is InChI=1S/C22H20N2OS/c1-4-25-21-8-6-5-7-17(21)12-18(13-23)22-24-20(14-26-22)19-10-9-15(2)11-16(19)3/h5-12,14H,4H2,1-3H3. The Hall–Kier alpha value is -2.90. The first kappa shape index (κ1) is 17.9. The molecule has 0 aliphatic rings. The number of ether oxygens (including phenoxy) is 1. The average molecular weight is 360 g/mol. The van der Waals surface area contributed by atoms with Crippen molar-refractivity contribution in [3.63, 3.8) is 0 Å². The van der Waals surface area contributed by atoms with Gasteiger partial charge in [0.25, 0.3) is 0 Å². The normalized spacial score (nSPS) is 11.2. The summed E-state index contributed by atoms with van der Waals surface area (Å²) < 4.78 is 5.65. The van der Waals surface area contributed by atoms with Gasteiger partial charge in [-0.1, -0.05) is 42.0 Å². The van der Waals surface area contributed by atoms with Gasteiger partial charge in [0.1, 0.15) is 16.8 Å². The van der Waals surface area contributed by atoms with E-state index in [1.807, 2.05) is 42.6 Å². The van der Waals surface area contributed by atoms with Crippen molar-refractivity contribution in [1.82, 2.24) is 4.98 Å². The molecule has 1 aromatic heterocycles. The maximum Gasteiger partial charge on any atom is 0.134 e. The van der Waals surface area contributed by atoms with Crippen LogP contribution in [0.5, 0.6) is 5.75 Å². The fourth-order valence-corrected chi connectivity index (χ4v) is 3.59. The van der Waals surface area contributed by atoms with Crippen molar-refractivity contribution in [3.05, 3.63) is 69.5 Å². The maximum absolute atomic E-state index is 9.64. The molecule has 0 saturated carbocycles. The lowest BCUT2D eigenvalue weighted by Crippen LogP contribution is -1.93. The fourth-order valence-electron chi connectivity index (χ4n) is 2.81. The number of rotatable bonds is 5. The van der Waals surface area contributed by atoms with Crippen molar-refractivity contribution in [3.8, 4) is 23.1 Å². The van der Waals surface area contributed by atoms with Gasteiger partial charge < -0.3 is 4.74 Å². The molecule has 0 amide bonds. The van der Waals surface area contributed by atoms with E-state index in [1.165, 1.54) is 22.5 Å². The zero-order chi connectivity index (χ0) is 18.5. The minimum absolute atomic E-state index is 0.540. The van der Waals surface area contributed by atoms with Crippen LogP contribution in [0.4, 0.5) is 0 Å². The summed E-state index contributed by atoms with van der Waals surface area (Å²) in [6, 6.07) is 16.3. The number of nitriles is 1. The molecule has 26 heavy (non-hydrogen) atoms. The summed E-state index contributed by atoms with van der Waals surface area (Å²) in [7, 11) is 0. The molecule has 0 unspecified atom stereocenters. The predicted octanol–water partition coefficient (Wildman–Crippen LogP) is 5.89. The highest BCUT2D eigenvalue weighted by Gasteiger charge is 2.12. The van der Waals surface area contributed by atoms with Crippen molar-refractivity contribution in [1.29, 1.82) is 5.26 Å². The van der Waals surface area contributed by atoms with Gasteiger partial charge in [0.15, 0.2) is 0 Å². The smallest absolute Gasteiger partial charge is 0.134 e. The zero-order valence-electron chi connectivity index (χ0n) is 15.1. The SMILES string of the molecule is CCOc1ccccc1C=C(C#N)c1nc(-c2ccc(C)cc2C)cs1. The third kappa shape index (κ3) is 3.84. The fraction of sp³-hybridized carbons (Fsp3) is 0.182. The Morgan fingerprint density at radius 2 is 2.04 bits per heavy atom. The van der Waals surface area contributed by atoms with Gasteiger partial charge in [-0.3, -0.25) is 0 Å². The number of hydrogen-bond acceptors (Lipinski definition) is 4. The Bertz CT molecular complexity index is 995. The van der Waals surface area contributed by atoms with Crippen LogP contribution in [0.1, 0.15) is 28.6 Å². The third-order valence-corrected chi connectivity index (χ3v) is 4.91. The summed E-state index contributed by atoms with van der Waals surface area (Å²) in [6.07, 6.45) is 1.84. The summed E-state index contributed by atoms with van der Waals surface area (Å²) in [6.45, 7) is 6.69. The molecule has 3 nitrogen and oxygen atoms in total. The minimum atomic E-state index is 0.540. The van der Waals surface area contributed by atoms with E-state index < -0.39 is 0 Å². The van der Waals surface area contributed by atoms with E-state index in [0.717, 1.165) is 22.6 Å². The average Bonchev–Trinajstić information content (AvgIpc) is 3.10. The van der Waals surface area contributed by atoms with E-state index in [9.17, 15) is 5.26 Å². The number of aryl methyl sites for hydroxylation is 2. The van der Waals surface area contributed by atoms with Gasteiger partial charge in [-0.2, -0.15) is 5.26 Å². The van der Waals surface area contributed by atoms with E-state index in [4.69, 9.17) is 9.72 Å². The van der Waals surface area contributed by atoms with Crippen LogP contribution in [0, 0.1) is 25.2 Å². The molecular weight excluding hydrogens is 340 g/mol. The molecule has 0 saturated heterocycles. The van der Waals surface area contributed by atoms with E-state index >= 15 is 0 Å². The van der Waals surface area contributed by atoms with Gasteiger partial charge in [0.05, 0.1) is 17.9 Å². The second-order valence-corrected chi connectivity index (χ2v) is 6.86. The Morgan fingerprint density at radius 1 is 1.23 bits per heavy atom. The molecule has 0 atom stereocenters. The summed E-state index contributed by atoms with van der Waals surface area (Å²) in [5.41, 5.74) is 5.84. The number of thiazole rings is 1. The van der Waals surface area contributed by atoms with Gasteiger partial charge in [-0.25, -0.2) is 4.98 Å². The topological polar surface area (TPSA) is 45.9 Å². The lowest BCUT2D eigenvalue weighted by atomic mass is 10.0. The Labute approximate surface area is 158 Å². The van der Waals surface area contributed by atoms with Crippen LogP contribution in [0.3, 0.4) is 0 Å². The molecule has 3 rings (SSSR count). The van der Waals surface area contributed by atoms with Crippen LogP contribution in [0.2, 0.25) is 0 Å². The number of benzene rings is 2. The molecule has 0 radical (unpaired) electrons. The van der Waals surface area contributed by atoms with Crippen molar-refractivity contribution in [2.75, 3.05) is 6.61 Å². The van der Waals surface area contributed by atoms with E-state index in [1.54, 1.807) is 0 Å². The molecule has 2 aromatic carbocycles. The maximum atomic E-state index is 9.64. The number of aromatic nitrogens is 1. The Kier molecular flexibility index (Phi) is 5.50. The van der Waals surface area contributed by atoms with E-state index in [-0.39, 0.29) is 0 Å². The van der Waals surface area contributed by atoms with Crippen molar-refractivity contribution in [2.45, 2.75) is 20.8 Å². The molecule has 130 valence electrons. The molecule has 3 aromatic rings. The molecule has 4 heteroatoms. The summed E-state index contributed by atoms with van der Waals surface area (Å²) in [5, 5.41) is 12.4. The van der Waals surface area contributed by atoms with Gasteiger partial charge in [-0.05, 0) is 38.5 Å². The number of hydrogen-bond donors (Lipinski definition) is 0. The molecule has 0 N–H and O–H groups in total. The van der Waals surface area contributed by atoms with Crippen LogP contribution in [0.25, 0.3) is 22.9 Å². The van der Waals surface area contributed by atoms with Gasteiger partial charge in [0, 0.05) is 16.5 Å². The second kappa shape index (κ2) is 7.99. The summed E-state index contributed by atoms with van der Waals surface area (Å²) in [4.78, 5) is 4.70. The van der Waals surface area contributed by atoms with Crippen LogP contribution < -0.4 is 4.74 Å². The largest absolute Gasteiger partial charge is 0.493 e. The molecular formula is C22H20N2OS. The first-order chi connectivity index (χ1) is 12.6. The summed E-state index contributed by atoms with van der Waals surface area (Å²) >= 11 is 1.49. The van der Waals surface area contributed by atoms with E-state index in [0.29, 0.717) is 17.2 Å². The summed E-state index contributed by atoms with van der Waals surface area (Å²) in [5.74, 6) is 0.772. The van der Waals surface area contributed by atoms with Gasteiger partial charge in [0.2, 0.25) is 0 Å². The first-order valence-corrected chi connectivity index (χ1v) is 9.37. The zero-order valence-corrected chi connectivity index (χ0v) is 15.9. The monoisotopic (exact) mass is 360 g/mol. The van der Waals surface area contributed by atoms with Crippen molar-refractivity contribution in [2.24, 2.45) is 0 Å². The quantitative estimate of drug-likeness (QED) is 0.533. The molecule has 1 heterocycles. The van der Waals surface area contributed by atoms with Crippen molar-refractivity contribution >= 4 is 23.0 Å². The van der Waals surface area contributed by atoms with Crippen LogP contribution in [0.15, 0.2) is 47.8 Å². The Morgan fingerprint density at radius 3 is 2.77 bits per heavy atom. The highest BCUT2D eigenvalue weighted by Crippen LogP contribution is 2.30. The van der Waals surface area contributed by atoms with Gasteiger partial charge >= 0.3 is 0 Å². The van der Waals surface area contributed by atoms with Crippen molar-refractivity contribution < 1.29 is 4.74 Å².